The van der Waals surface area contributed by atoms with Gasteiger partial charge in [-0.15, -0.1) is 0 Å². The number of benzene rings is 2. The maximum Gasteiger partial charge on any atom is 0.258 e. The summed E-state index contributed by atoms with van der Waals surface area (Å²) in [5, 5.41) is 5.62. The first-order valence-corrected chi connectivity index (χ1v) is 9.99. The summed E-state index contributed by atoms with van der Waals surface area (Å²) in [6, 6.07) is 17.1. The zero-order valence-electron chi connectivity index (χ0n) is 16.4. The van der Waals surface area contributed by atoms with Crippen molar-refractivity contribution in [3.05, 3.63) is 78.0 Å². The number of hydrogen-bond donors (Lipinski definition) is 1. The van der Waals surface area contributed by atoms with Crippen molar-refractivity contribution in [3.8, 4) is 0 Å². The number of nitrogens with one attached hydrogen (secondary N) is 1. The quantitative estimate of drug-likeness (QED) is 0.382. The number of fused-ring (bicyclic) bond motifs is 1. The highest BCUT2D eigenvalue weighted by atomic mass is 32.1. The Morgan fingerprint density at radius 1 is 1.06 bits per heavy atom. The van der Waals surface area contributed by atoms with E-state index in [0.717, 1.165) is 31.9 Å². The average Bonchev–Trinajstić information content (AvgIpc) is 3.16. The van der Waals surface area contributed by atoms with E-state index in [4.69, 9.17) is 12.2 Å². The van der Waals surface area contributed by atoms with Crippen molar-refractivity contribution < 1.29 is 14.4 Å². The fraction of sp³-hybridized carbons (Fsp3) is 0.0870. The smallest absolute Gasteiger partial charge is 0.258 e. The number of hydrogen-bond acceptors (Lipinski definition) is 5. The van der Waals surface area contributed by atoms with Gasteiger partial charge in [0.25, 0.3) is 5.91 Å². The first-order chi connectivity index (χ1) is 15.0. The number of aromatic nitrogens is 1. The Balaban J connectivity index is 1.49. The van der Waals surface area contributed by atoms with Crippen LogP contribution in [0.4, 0.5) is 0 Å². The Bertz CT molecular complexity index is 1230. The number of hydrazone groups is 1. The summed E-state index contributed by atoms with van der Waals surface area (Å²) in [7, 11) is 0. The normalized spacial score (nSPS) is 15.0. The number of allylic oxidation sites excluding steroid dienone is 1. The van der Waals surface area contributed by atoms with Crippen molar-refractivity contribution in [1.29, 1.82) is 0 Å². The zero-order valence-corrected chi connectivity index (χ0v) is 17.2. The first kappa shape index (κ1) is 20.4. The minimum absolute atomic E-state index is 0.0322. The average molecular weight is 430 g/mol. The van der Waals surface area contributed by atoms with Gasteiger partial charge in [0.15, 0.2) is 0 Å². The lowest BCUT2D eigenvalue weighted by atomic mass is 10.1. The molecule has 1 aliphatic rings. The van der Waals surface area contributed by atoms with E-state index in [-0.39, 0.29) is 11.5 Å². The molecule has 154 valence electrons. The molecule has 1 fully saturated rings. The summed E-state index contributed by atoms with van der Waals surface area (Å²) >= 11 is 5.26. The van der Waals surface area contributed by atoms with Gasteiger partial charge in [0.1, 0.15) is 6.42 Å². The third-order valence-electron chi connectivity index (χ3n) is 4.78. The molecule has 0 atom stereocenters. The summed E-state index contributed by atoms with van der Waals surface area (Å²) in [4.78, 5) is 41.5. The summed E-state index contributed by atoms with van der Waals surface area (Å²) < 4.78 is 0. The molecule has 2 aromatic carbocycles. The molecule has 2 heterocycles. The largest absolute Gasteiger partial charge is 0.361 e. The molecule has 0 radical (unpaired) electrons. The number of amides is 3. The number of aromatic amines is 1. The van der Waals surface area contributed by atoms with E-state index in [1.54, 1.807) is 12.3 Å². The van der Waals surface area contributed by atoms with Crippen molar-refractivity contribution in [2.75, 3.05) is 0 Å². The lowest BCUT2D eigenvalue weighted by Crippen LogP contribution is -2.55. The minimum Gasteiger partial charge on any atom is -0.361 e. The Labute approximate surface area is 183 Å². The van der Waals surface area contributed by atoms with Crippen LogP contribution in [0, 0.1) is 0 Å². The fourth-order valence-electron chi connectivity index (χ4n) is 3.29. The van der Waals surface area contributed by atoms with E-state index in [9.17, 15) is 14.4 Å². The molecule has 4 rings (SSSR count). The van der Waals surface area contributed by atoms with E-state index in [1.807, 2.05) is 60.7 Å². The molecular formula is C23H18N4O3S. The van der Waals surface area contributed by atoms with E-state index >= 15 is 0 Å². The molecule has 0 saturated carbocycles. The van der Waals surface area contributed by atoms with Gasteiger partial charge in [-0.05, 0) is 35.5 Å². The van der Waals surface area contributed by atoms with Gasteiger partial charge >= 0.3 is 0 Å². The van der Waals surface area contributed by atoms with Gasteiger partial charge in [0.2, 0.25) is 16.9 Å². The van der Waals surface area contributed by atoms with Crippen LogP contribution in [0.15, 0.2) is 72.0 Å². The number of carbonyl (C=O) groups is 3. The van der Waals surface area contributed by atoms with Crippen LogP contribution in [-0.2, 0) is 20.8 Å². The van der Waals surface area contributed by atoms with Crippen molar-refractivity contribution in [2.45, 2.75) is 12.8 Å². The second-order valence-corrected chi connectivity index (χ2v) is 7.22. The molecule has 0 unspecified atom stereocenters. The molecule has 0 bridgehead atoms. The van der Waals surface area contributed by atoms with Crippen LogP contribution in [0.1, 0.15) is 17.5 Å². The maximum absolute atomic E-state index is 12.9. The van der Waals surface area contributed by atoms with Crippen LogP contribution in [-0.4, -0.2) is 43.9 Å². The van der Waals surface area contributed by atoms with Crippen molar-refractivity contribution >= 4 is 58.2 Å². The number of rotatable bonds is 5. The number of thiocarbonyl (C=S) groups is 1. The summed E-state index contributed by atoms with van der Waals surface area (Å²) in [5.74, 6) is -1.73. The molecule has 1 saturated heterocycles. The van der Waals surface area contributed by atoms with Gasteiger partial charge in [-0.25, -0.2) is 4.90 Å². The Hall–Kier alpha value is -3.91. The predicted octanol–water partition coefficient (Wildman–Crippen LogP) is 3.28. The zero-order chi connectivity index (χ0) is 21.8. The Morgan fingerprint density at radius 2 is 1.81 bits per heavy atom. The molecule has 8 heteroatoms. The van der Waals surface area contributed by atoms with Crippen molar-refractivity contribution in [1.82, 2.24) is 14.9 Å². The van der Waals surface area contributed by atoms with Gasteiger partial charge in [-0.3, -0.25) is 14.4 Å². The van der Waals surface area contributed by atoms with Gasteiger partial charge in [-0.1, -0.05) is 54.6 Å². The highest BCUT2D eigenvalue weighted by molar-refractivity contribution is 7.80. The number of nitrogens with zero attached hydrogens (tertiary/aromatic N) is 3. The van der Waals surface area contributed by atoms with Crippen LogP contribution in [0.25, 0.3) is 17.0 Å². The predicted molar refractivity (Wildman–Crippen MR) is 122 cm³/mol. The molecular weight excluding hydrogens is 412 g/mol. The van der Waals surface area contributed by atoms with E-state index in [2.05, 4.69) is 10.1 Å². The molecule has 3 aromatic rings. The second-order valence-electron chi connectivity index (χ2n) is 6.86. The van der Waals surface area contributed by atoms with Gasteiger partial charge in [0.05, 0.1) is 6.42 Å². The van der Waals surface area contributed by atoms with Crippen LogP contribution in [0.3, 0.4) is 0 Å². The number of H-pyrrole nitrogens is 1. The number of para-hydroxylation sites is 1. The number of carbonyl (C=O) groups excluding carboxylic acids is 3. The molecule has 0 aliphatic carbocycles. The van der Waals surface area contributed by atoms with Gasteiger partial charge in [-0.2, -0.15) is 10.1 Å². The van der Waals surface area contributed by atoms with Crippen molar-refractivity contribution in [3.63, 3.8) is 0 Å². The second kappa shape index (κ2) is 8.85. The first-order valence-electron chi connectivity index (χ1n) is 9.58. The number of imide groups is 1. The molecule has 0 spiro atoms. The summed E-state index contributed by atoms with van der Waals surface area (Å²) in [5.41, 5.74) is 2.60. The molecule has 1 aliphatic heterocycles. The van der Waals surface area contributed by atoms with Crippen LogP contribution < -0.4 is 0 Å². The summed E-state index contributed by atoms with van der Waals surface area (Å²) in [6.07, 6.45) is 6.09. The maximum atomic E-state index is 12.9. The van der Waals surface area contributed by atoms with Gasteiger partial charge < -0.3 is 4.98 Å². The standard InChI is InChI=1S/C23H18N4O3S/c28-20(13-17-15-24-19-11-5-4-10-18(17)19)26-21(29)14-22(30)27(23(26)31)25-12-6-9-16-7-2-1-3-8-16/h1-12,15,24H,13-14H2/b9-6+,25-12?. The van der Waals surface area contributed by atoms with Gasteiger partial charge in [0, 0.05) is 23.3 Å². The highest BCUT2D eigenvalue weighted by Gasteiger charge is 2.38. The van der Waals surface area contributed by atoms with Crippen LogP contribution in [0.2, 0.25) is 0 Å². The molecule has 31 heavy (non-hydrogen) atoms. The van der Waals surface area contributed by atoms with E-state index < -0.39 is 24.1 Å². The monoisotopic (exact) mass is 430 g/mol. The summed E-state index contributed by atoms with van der Waals surface area (Å²) in [6.45, 7) is 0. The third-order valence-corrected chi connectivity index (χ3v) is 5.14. The SMILES string of the molecule is O=C1CC(=O)N(C(=O)Cc2c[nH]c3ccccc23)C(=S)N1N=C/C=C/c1ccccc1. The van der Waals surface area contributed by atoms with Crippen LogP contribution in [0.5, 0.6) is 0 Å². The van der Waals surface area contributed by atoms with E-state index in [0.29, 0.717) is 0 Å². The topological polar surface area (TPSA) is 85.8 Å². The minimum atomic E-state index is -0.647. The third kappa shape index (κ3) is 4.34. The Morgan fingerprint density at radius 3 is 2.61 bits per heavy atom. The lowest BCUT2D eigenvalue weighted by Gasteiger charge is -2.30. The molecule has 1 aromatic heterocycles. The van der Waals surface area contributed by atoms with Crippen LogP contribution >= 0.6 is 12.2 Å². The van der Waals surface area contributed by atoms with E-state index in [1.165, 1.54) is 6.21 Å². The molecule has 7 nitrogen and oxygen atoms in total. The Kier molecular flexibility index (Phi) is 5.81. The molecule has 3 amide bonds. The lowest BCUT2D eigenvalue weighted by molar-refractivity contribution is -0.146. The highest BCUT2D eigenvalue weighted by Crippen LogP contribution is 2.21. The fourth-order valence-corrected chi connectivity index (χ4v) is 3.65. The molecule has 1 N–H and O–H groups in total. The van der Waals surface area contributed by atoms with Crippen molar-refractivity contribution in [2.24, 2.45) is 5.10 Å².